The third kappa shape index (κ3) is 3.61. The van der Waals surface area contributed by atoms with Crippen molar-refractivity contribution in [2.45, 2.75) is 19.4 Å². The first-order chi connectivity index (χ1) is 6.20. The number of halogens is 1. The highest BCUT2D eigenvalue weighted by Gasteiger charge is 1.98. The molecule has 0 spiro atoms. The molecular formula is C9H14ClN3. The molecule has 0 saturated heterocycles. The number of anilines is 1. The fourth-order valence-corrected chi connectivity index (χ4v) is 1.14. The highest BCUT2D eigenvalue weighted by molar-refractivity contribution is 6.33. The molecule has 3 nitrogen and oxygen atoms in total. The summed E-state index contributed by atoms with van der Waals surface area (Å²) in [6, 6.07) is 2.07. The molecule has 1 rings (SSSR count). The molecular weight excluding hydrogens is 186 g/mol. The smallest absolute Gasteiger partial charge is 0.0820 e. The van der Waals surface area contributed by atoms with E-state index in [0.717, 1.165) is 18.7 Å². The lowest BCUT2D eigenvalue weighted by molar-refractivity contribution is 0.690. The Morgan fingerprint density at radius 3 is 3.08 bits per heavy atom. The molecule has 1 heterocycles. The van der Waals surface area contributed by atoms with Crippen molar-refractivity contribution in [1.82, 2.24) is 4.98 Å². The second-order valence-corrected chi connectivity index (χ2v) is 3.46. The monoisotopic (exact) mass is 199 g/mol. The van der Waals surface area contributed by atoms with Crippen LogP contribution in [0, 0.1) is 0 Å². The van der Waals surface area contributed by atoms with Crippen LogP contribution in [0.3, 0.4) is 0 Å². The van der Waals surface area contributed by atoms with Crippen molar-refractivity contribution >= 4 is 17.3 Å². The first kappa shape index (κ1) is 10.3. The van der Waals surface area contributed by atoms with E-state index in [4.69, 9.17) is 17.3 Å². The van der Waals surface area contributed by atoms with Gasteiger partial charge in [-0.25, -0.2) is 0 Å². The van der Waals surface area contributed by atoms with Gasteiger partial charge in [-0.3, -0.25) is 4.98 Å². The van der Waals surface area contributed by atoms with Crippen molar-refractivity contribution in [3.63, 3.8) is 0 Å². The van der Waals surface area contributed by atoms with Crippen LogP contribution in [0.5, 0.6) is 0 Å². The van der Waals surface area contributed by atoms with Gasteiger partial charge in [-0.05, 0) is 19.4 Å². The number of rotatable bonds is 4. The lowest BCUT2D eigenvalue weighted by Crippen LogP contribution is -2.19. The fraction of sp³-hybridized carbons (Fsp3) is 0.444. The van der Waals surface area contributed by atoms with Crippen LogP contribution in [0.1, 0.15) is 13.3 Å². The van der Waals surface area contributed by atoms with E-state index < -0.39 is 0 Å². The Hall–Kier alpha value is -0.800. The average Bonchev–Trinajstić information content (AvgIpc) is 2.08. The van der Waals surface area contributed by atoms with Gasteiger partial charge in [-0.2, -0.15) is 0 Å². The maximum atomic E-state index is 5.88. The molecule has 0 saturated carbocycles. The van der Waals surface area contributed by atoms with Gasteiger partial charge in [0.2, 0.25) is 0 Å². The molecule has 0 aliphatic rings. The summed E-state index contributed by atoms with van der Waals surface area (Å²) in [6.07, 6.45) is 4.26. The van der Waals surface area contributed by atoms with Crippen molar-refractivity contribution in [2.75, 3.05) is 11.9 Å². The van der Waals surface area contributed by atoms with Crippen molar-refractivity contribution in [2.24, 2.45) is 5.73 Å². The molecule has 0 bridgehead atoms. The van der Waals surface area contributed by atoms with E-state index in [-0.39, 0.29) is 6.04 Å². The minimum atomic E-state index is 0.216. The summed E-state index contributed by atoms with van der Waals surface area (Å²) in [5.41, 5.74) is 6.52. The topological polar surface area (TPSA) is 50.9 Å². The molecule has 1 unspecified atom stereocenters. The van der Waals surface area contributed by atoms with Crippen LogP contribution in [0.25, 0.3) is 0 Å². The summed E-state index contributed by atoms with van der Waals surface area (Å²) >= 11 is 5.88. The van der Waals surface area contributed by atoms with E-state index in [1.807, 2.05) is 13.0 Å². The second-order valence-electron chi connectivity index (χ2n) is 3.05. The number of hydrogen-bond acceptors (Lipinski definition) is 3. The third-order valence-electron chi connectivity index (χ3n) is 1.69. The number of nitrogens with zero attached hydrogens (tertiary/aromatic N) is 1. The standard InChI is InChI=1S/C9H14ClN3/c1-7(11)2-5-13-9-3-4-12-6-8(9)10/h3-4,6-7H,2,5,11H2,1H3,(H,12,13). The minimum absolute atomic E-state index is 0.216. The summed E-state index contributed by atoms with van der Waals surface area (Å²) in [5, 5.41) is 3.84. The minimum Gasteiger partial charge on any atom is -0.384 e. The molecule has 0 aromatic carbocycles. The van der Waals surface area contributed by atoms with Gasteiger partial charge in [0.25, 0.3) is 0 Å². The van der Waals surface area contributed by atoms with E-state index in [2.05, 4.69) is 10.3 Å². The summed E-state index contributed by atoms with van der Waals surface area (Å²) in [5.74, 6) is 0. The molecule has 0 fully saturated rings. The second kappa shape index (κ2) is 5.04. The third-order valence-corrected chi connectivity index (χ3v) is 1.99. The molecule has 0 radical (unpaired) electrons. The molecule has 72 valence electrons. The number of aromatic nitrogens is 1. The molecule has 1 atom stereocenters. The van der Waals surface area contributed by atoms with Crippen LogP contribution in [0.4, 0.5) is 5.69 Å². The fourth-order valence-electron chi connectivity index (χ4n) is 0.953. The molecule has 0 aliphatic heterocycles. The number of nitrogens with one attached hydrogen (secondary N) is 1. The molecule has 0 aliphatic carbocycles. The molecule has 4 heteroatoms. The Bertz CT molecular complexity index is 263. The Kier molecular flexibility index (Phi) is 3.99. The largest absolute Gasteiger partial charge is 0.384 e. The number of nitrogens with two attached hydrogens (primary N) is 1. The highest BCUT2D eigenvalue weighted by Crippen LogP contribution is 2.18. The van der Waals surface area contributed by atoms with Gasteiger partial charge < -0.3 is 11.1 Å². The van der Waals surface area contributed by atoms with Crippen LogP contribution in [0.15, 0.2) is 18.5 Å². The first-order valence-corrected chi connectivity index (χ1v) is 4.67. The first-order valence-electron chi connectivity index (χ1n) is 4.29. The van der Waals surface area contributed by atoms with Gasteiger partial charge >= 0.3 is 0 Å². The molecule has 3 N–H and O–H groups in total. The van der Waals surface area contributed by atoms with Gasteiger partial charge in [0.05, 0.1) is 10.7 Å². The van der Waals surface area contributed by atoms with Gasteiger partial charge in [0.15, 0.2) is 0 Å². The van der Waals surface area contributed by atoms with E-state index >= 15 is 0 Å². The maximum absolute atomic E-state index is 5.88. The van der Waals surface area contributed by atoms with Crippen LogP contribution in [-0.2, 0) is 0 Å². The summed E-state index contributed by atoms with van der Waals surface area (Å²) in [6.45, 7) is 2.82. The zero-order chi connectivity index (χ0) is 9.68. The van der Waals surface area contributed by atoms with Crippen LogP contribution < -0.4 is 11.1 Å². The van der Waals surface area contributed by atoms with E-state index in [1.54, 1.807) is 12.4 Å². The summed E-state index contributed by atoms with van der Waals surface area (Å²) in [4.78, 5) is 3.89. The van der Waals surface area contributed by atoms with Gasteiger partial charge in [-0.15, -0.1) is 0 Å². The molecule has 13 heavy (non-hydrogen) atoms. The van der Waals surface area contributed by atoms with Crippen LogP contribution in [0.2, 0.25) is 5.02 Å². The number of pyridine rings is 1. The van der Waals surface area contributed by atoms with Gasteiger partial charge in [0.1, 0.15) is 0 Å². The van der Waals surface area contributed by atoms with E-state index in [9.17, 15) is 0 Å². The number of hydrogen-bond donors (Lipinski definition) is 2. The lowest BCUT2D eigenvalue weighted by atomic mass is 10.2. The summed E-state index contributed by atoms with van der Waals surface area (Å²) < 4.78 is 0. The normalized spacial score (nSPS) is 12.5. The maximum Gasteiger partial charge on any atom is 0.0820 e. The SMILES string of the molecule is CC(N)CCNc1ccncc1Cl. The quantitative estimate of drug-likeness (QED) is 0.779. The molecule has 1 aromatic heterocycles. The molecule has 0 amide bonds. The van der Waals surface area contributed by atoms with E-state index in [1.165, 1.54) is 0 Å². The summed E-state index contributed by atoms with van der Waals surface area (Å²) in [7, 11) is 0. The zero-order valence-electron chi connectivity index (χ0n) is 7.63. The predicted octanol–water partition coefficient (Wildman–Crippen LogP) is 1.88. The average molecular weight is 200 g/mol. The van der Waals surface area contributed by atoms with Crippen molar-refractivity contribution in [3.8, 4) is 0 Å². The van der Waals surface area contributed by atoms with Crippen LogP contribution >= 0.6 is 11.6 Å². The molecule has 1 aromatic rings. The van der Waals surface area contributed by atoms with Crippen molar-refractivity contribution < 1.29 is 0 Å². The Labute approximate surface area is 83.3 Å². The van der Waals surface area contributed by atoms with Crippen molar-refractivity contribution in [1.29, 1.82) is 0 Å². The lowest BCUT2D eigenvalue weighted by Gasteiger charge is -2.08. The Morgan fingerprint density at radius 2 is 2.46 bits per heavy atom. The zero-order valence-corrected chi connectivity index (χ0v) is 8.38. The highest BCUT2D eigenvalue weighted by atomic mass is 35.5. The van der Waals surface area contributed by atoms with Gasteiger partial charge in [-0.1, -0.05) is 11.6 Å². The van der Waals surface area contributed by atoms with Gasteiger partial charge in [0, 0.05) is 25.0 Å². The van der Waals surface area contributed by atoms with Crippen molar-refractivity contribution in [3.05, 3.63) is 23.5 Å². The van der Waals surface area contributed by atoms with Crippen LogP contribution in [-0.4, -0.2) is 17.6 Å². The Balaban J connectivity index is 2.41. The van der Waals surface area contributed by atoms with E-state index in [0.29, 0.717) is 5.02 Å². The predicted molar refractivity (Wildman–Crippen MR) is 56.0 cm³/mol. The Morgan fingerprint density at radius 1 is 1.69 bits per heavy atom.